The number of nitrogens with one attached hydrogen (secondary N) is 3. The van der Waals surface area contributed by atoms with Gasteiger partial charge in [-0.3, -0.25) is 14.7 Å². The fraction of sp³-hybridized carbons (Fsp3) is 0.421. The van der Waals surface area contributed by atoms with Gasteiger partial charge in [-0.15, -0.1) is 24.8 Å². The number of carbonyl (C=O) groups excluding carboxylic acids is 2. The molecule has 2 aliphatic heterocycles. The highest BCUT2D eigenvalue weighted by atomic mass is 35.5. The summed E-state index contributed by atoms with van der Waals surface area (Å²) in [6.45, 7) is 4.80. The van der Waals surface area contributed by atoms with Crippen LogP contribution in [0.2, 0.25) is 0 Å². The number of amides is 2. The Bertz CT molecular complexity index is 847. The first kappa shape index (κ1) is 23.2. The quantitative estimate of drug-likeness (QED) is 0.672. The third-order valence-electron chi connectivity index (χ3n) is 5.20. The lowest BCUT2D eigenvalue weighted by Crippen LogP contribution is -2.47. The molecule has 158 valence electrons. The zero-order valence-corrected chi connectivity index (χ0v) is 17.9. The van der Waals surface area contributed by atoms with Crippen molar-refractivity contribution in [1.29, 1.82) is 0 Å². The lowest BCUT2D eigenvalue weighted by Gasteiger charge is -2.32. The molecule has 10 heteroatoms. The summed E-state index contributed by atoms with van der Waals surface area (Å²) in [7, 11) is 2.06. The summed E-state index contributed by atoms with van der Waals surface area (Å²) >= 11 is 0. The highest BCUT2D eigenvalue weighted by molar-refractivity contribution is 6.04. The molecule has 0 radical (unpaired) electrons. The first-order valence-corrected chi connectivity index (χ1v) is 9.28. The maximum absolute atomic E-state index is 12.6. The molecule has 8 nitrogen and oxygen atoms in total. The third kappa shape index (κ3) is 5.08. The van der Waals surface area contributed by atoms with Crippen molar-refractivity contribution in [2.24, 2.45) is 0 Å². The summed E-state index contributed by atoms with van der Waals surface area (Å²) in [5.41, 5.74) is 3.66. The Kier molecular flexibility index (Phi) is 8.04. The molecule has 29 heavy (non-hydrogen) atoms. The summed E-state index contributed by atoms with van der Waals surface area (Å²) in [5, 5.41) is 13.2. The molecule has 0 saturated carbocycles. The SMILES string of the molecule is CN1CCN(C(=O)c2ccc(NC(=O)c3n[nH]c4c3CNCC4)cc2)CC1.Cl.Cl. The average Bonchev–Trinajstić information content (AvgIpc) is 3.13. The molecule has 0 bridgehead atoms. The maximum atomic E-state index is 12.6. The van der Waals surface area contributed by atoms with Crippen LogP contribution in [0.25, 0.3) is 0 Å². The molecule has 0 aliphatic carbocycles. The molecule has 1 aromatic heterocycles. The van der Waals surface area contributed by atoms with Gasteiger partial charge < -0.3 is 20.4 Å². The van der Waals surface area contributed by atoms with Crippen LogP contribution in [0.4, 0.5) is 5.69 Å². The van der Waals surface area contributed by atoms with Gasteiger partial charge in [0.15, 0.2) is 5.69 Å². The summed E-state index contributed by atoms with van der Waals surface area (Å²) in [4.78, 5) is 29.2. The minimum atomic E-state index is -0.241. The van der Waals surface area contributed by atoms with Crippen LogP contribution < -0.4 is 10.6 Å². The van der Waals surface area contributed by atoms with Gasteiger partial charge in [0, 0.05) is 68.2 Å². The van der Waals surface area contributed by atoms with E-state index in [1.54, 1.807) is 24.3 Å². The number of rotatable bonds is 3. The molecule has 2 aliphatic rings. The third-order valence-corrected chi connectivity index (χ3v) is 5.20. The smallest absolute Gasteiger partial charge is 0.276 e. The van der Waals surface area contributed by atoms with E-state index in [4.69, 9.17) is 0 Å². The molecule has 2 aromatic rings. The lowest BCUT2D eigenvalue weighted by atomic mass is 10.1. The summed E-state index contributed by atoms with van der Waals surface area (Å²) in [6.07, 6.45) is 0.846. The summed E-state index contributed by atoms with van der Waals surface area (Å²) in [6, 6.07) is 7.05. The minimum Gasteiger partial charge on any atom is -0.336 e. The predicted octanol–water partition coefficient (Wildman–Crippen LogP) is 1.54. The van der Waals surface area contributed by atoms with E-state index >= 15 is 0 Å². The molecule has 0 spiro atoms. The van der Waals surface area contributed by atoms with Gasteiger partial charge in [0.1, 0.15) is 0 Å². The second-order valence-corrected chi connectivity index (χ2v) is 7.08. The second-order valence-electron chi connectivity index (χ2n) is 7.08. The molecule has 1 fully saturated rings. The van der Waals surface area contributed by atoms with Gasteiger partial charge in [-0.05, 0) is 31.3 Å². The van der Waals surface area contributed by atoms with Crippen LogP contribution in [0.15, 0.2) is 24.3 Å². The largest absolute Gasteiger partial charge is 0.336 e. The first-order chi connectivity index (χ1) is 13.1. The number of aromatic amines is 1. The molecule has 2 amide bonds. The number of benzene rings is 1. The van der Waals surface area contributed by atoms with Gasteiger partial charge >= 0.3 is 0 Å². The fourth-order valence-corrected chi connectivity index (χ4v) is 3.49. The second kappa shape index (κ2) is 10.1. The average molecular weight is 441 g/mol. The predicted molar refractivity (Wildman–Crippen MR) is 116 cm³/mol. The Labute approximate surface area is 182 Å². The molecule has 1 aromatic carbocycles. The number of aromatic nitrogens is 2. The number of H-pyrrole nitrogens is 1. The topological polar surface area (TPSA) is 93.4 Å². The number of hydrogen-bond acceptors (Lipinski definition) is 5. The molecule has 1 saturated heterocycles. The van der Waals surface area contributed by atoms with E-state index in [1.165, 1.54) is 0 Å². The number of piperazine rings is 1. The maximum Gasteiger partial charge on any atom is 0.276 e. The summed E-state index contributed by atoms with van der Waals surface area (Å²) < 4.78 is 0. The molecule has 3 N–H and O–H groups in total. The van der Waals surface area contributed by atoms with Crippen molar-refractivity contribution in [3.05, 3.63) is 46.8 Å². The van der Waals surface area contributed by atoms with Crippen molar-refractivity contribution in [3.63, 3.8) is 0 Å². The number of fused-ring (bicyclic) bond motifs is 1. The van der Waals surface area contributed by atoms with E-state index in [2.05, 4.69) is 32.8 Å². The fourth-order valence-electron chi connectivity index (χ4n) is 3.49. The van der Waals surface area contributed by atoms with Crippen LogP contribution >= 0.6 is 24.8 Å². The Hall–Kier alpha value is -2.13. The van der Waals surface area contributed by atoms with Gasteiger partial charge in [0.2, 0.25) is 0 Å². The number of anilines is 1. The van der Waals surface area contributed by atoms with Gasteiger partial charge in [-0.1, -0.05) is 0 Å². The van der Waals surface area contributed by atoms with Crippen molar-refractivity contribution in [2.45, 2.75) is 13.0 Å². The van der Waals surface area contributed by atoms with Crippen molar-refractivity contribution in [1.82, 2.24) is 25.3 Å². The van der Waals surface area contributed by atoms with Crippen LogP contribution in [0.3, 0.4) is 0 Å². The first-order valence-electron chi connectivity index (χ1n) is 9.28. The van der Waals surface area contributed by atoms with E-state index in [0.29, 0.717) is 23.5 Å². The summed E-state index contributed by atoms with van der Waals surface area (Å²) in [5.74, 6) is -0.206. The standard InChI is InChI=1S/C19H24N6O2.2ClH/c1-24-8-10-25(11-9-24)19(27)13-2-4-14(5-3-13)21-18(26)17-15-12-20-7-6-16(15)22-23-17;;/h2-5,20H,6-12H2,1H3,(H,21,26)(H,22,23);2*1H. The highest BCUT2D eigenvalue weighted by Gasteiger charge is 2.22. The van der Waals surface area contributed by atoms with Gasteiger partial charge in [-0.2, -0.15) is 5.10 Å². The number of hydrogen-bond donors (Lipinski definition) is 3. The number of carbonyl (C=O) groups is 2. The van der Waals surface area contributed by atoms with Crippen molar-refractivity contribution in [2.75, 3.05) is 45.1 Å². The van der Waals surface area contributed by atoms with Gasteiger partial charge in [-0.25, -0.2) is 0 Å². The van der Waals surface area contributed by atoms with Crippen LogP contribution in [-0.4, -0.2) is 71.6 Å². The Morgan fingerprint density at radius 1 is 1.07 bits per heavy atom. The van der Waals surface area contributed by atoms with Crippen molar-refractivity contribution < 1.29 is 9.59 Å². The lowest BCUT2D eigenvalue weighted by molar-refractivity contribution is 0.0664. The van der Waals surface area contributed by atoms with Crippen molar-refractivity contribution in [3.8, 4) is 0 Å². The van der Waals surface area contributed by atoms with Gasteiger partial charge in [0.25, 0.3) is 11.8 Å². The molecule has 4 rings (SSSR count). The van der Waals surface area contributed by atoms with Crippen LogP contribution in [0.5, 0.6) is 0 Å². The number of nitrogens with zero attached hydrogens (tertiary/aromatic N) is 3. The van der Waals surface area contributed by atoms with Crippen LogP contribution in [-0.2, 0) is 13.0 Å². The molecular weight excluding hydrogens is 415 g/mol. The molecule has 0 unspecified atom stereocenters. The molecule has 3 heterocycles. The molecular formula is C19H26Cl2N6O2. The van der Waals surface area contributed by atoms with Crippen LogP contribution in [0.1, 0.15) is 32.1 Å². The van der Waals surface area contributed by atoms with Gasteiger partial charge in [0.05, 0.1) is 0 Å². The van der Waals surface area contributed by atoms with E-state index in [1.807, 2.05) is 4.90 Å². The van der Waals surface area contributed by atoms with E-state index in [9.17, 15) is 9.59 Å². The van der Waals surface area contributed by atoms with E-state index in [-0.39, 0.29) is 36.6 Å². The van der Waals surface area contributed by atoms with Crippen LogP contribution in [0, 0.1) is 0 Å². The highest BCUT2D eigenvalue weighted by Crippen LogP contribution is 2.18. The van der Waals surface area contributed by atoms with Crippen molar-refractivity contribution >= 4 is 42.3 Å². The zero-order valence-electron chi connectivity index (χ0n) is 16.2. The van der Waals surface area contributed by atoms with E-state index in [0.717, 1.165) is 50.4 Å². The minimum absolute atomic E-state index is 0. The molecule has 0 atom stereocenters. The zero-order chi connectivity index (χ0) is 18.8. The monoisotopic (exact) mass is 440 g/mol. The number of halogens is 2. The Balaban J connectivity index is 0.00000150. The normalized spacial score (nSPS) is 16.2. The van der Waals surface area contributed by atoms with E-state index < -0.39 is 0 Å². The number of likely N-dealkylation sites (N-methyl/N-ethyl adjacent to an activating group) is 1. The Morgan fingerprint density at radius 3 is 2.45 bits per heavy atom. The Morgan fingerprint density at radius 2 is 1.76 bits per heavy atom.